The molecule has 4 nitrogen and oxygen atoms in total. The number of carbonyl (C=O) groups is 1. The second kappa shape index (κ2) is 15.6. The largest absolute Gasteiger partial charge is 0.385 e. The summed E-state index contributed by atoms with van der Waals surface area (Å²) >= 11 is 6.43. The molecule has 0 aromatic heterocycles. The molecule has 0 unspecified atom stereocenters. The molecule has 220 valence electrons. The van der Waals surface area contributed by atoms with Crippen LogP contribution in [-0.4, -0.2) is 23.1 Å². The van der Waals surface area contributed by atoms with Gasteiger partial charge in [0, 0.05) is 40.2 Å². The molecule has 6 rings (SSSR count). The molecule has 0 atom stereocenters. The van der Waals surface area contributed by atoms with Gasteiger partial charge in [-0.25, -0.2) is 8.78 Å². The molecule has 2 aliphatic rings. The predicted molar refractivity (Wildman–Crippen MR) is 166 cm³/mol. The summed E-state index contributed by atoms with van der Waals surface area (Å²) in [5, 5.41) is 10.6. The predicted octanol–water partition coefficient (Wildman–Crippen LogP) is 8.68. The first-order chi connectivity index (χ1) is 20.2. The molecule has 4 aromatic rings. The molecule has 4 aromatic carbocycles. The minimum absolute atomic E-state index is 0.0401. The summed E-state index contributed by atoms with van der Waals surface area (Å²) in [6, 6.07) is 30.9. The topological polar surface area (TPSA) is 55.8 Å². The molecule has 0 saturated heterocycles. The lowest BCUT2D eigenvalue weighted by atomic mass is 9.72. The Morgan fingerprint density at radius 2 is 1.29 bits per heavy atom. The van der Waals surface area contributed by atoms with E-state index in [0.717, 1.165) is 10.0 Å². The van der Waals surface area contributed by atoms with Crippen LogP contribution in [0.1, 0.15) is 42.4 Å². The van der Waals surface area contributed by atoms with Crippen molar-refractivity contribution in [1.29, 1.82) is 0 Å². The monoisotopic (exact) mass is 700 g/mol. The maximum Gasteiger partial charge on any atom is 0.138 e. The van der Waals surface area contributed by atoms with E-state index in [1.165, 1.54) is 23.8 Å². The molecule has 2 fully saturated rings. The van der Waals surface area contributed by atoms with Gasteiger partial charge in [-0.1, -0.05) is 105 Å². The number of ketones is 1. The Balaban J connectivity index is 0.000000163. The van der Waals surface area contributed by atoms with E-state index in [0.29, 0.717) is 54.7 Å². The van der Waals surface area contributed by atoms with Gasteiger partial charge in [0.2, 0.25) is 0 Å². The van der Waals surface area contributed by atoms with Crippen LogP contribution in [-0.2, 0) is 33.1 Å². The zero-order valence-electron chi connectivity index (χ0n) is 22.9. The van der Waals surface area contributed by atoms with Gasteiger partial charge in [0.1, 0.15) is 17.4 Å². The van der Waals surface area contributed by atoms with Crippen LogP contribution in [0.25, 0.3) is 0 Å². The van der Waals surface area contributed by atoms with E-state index in [4.69, 9.17) is 9.47 Å². The number of carbonyl (C=O) groups excluding carboxylic acids is 1. The molecule has 2 saturated carbocycles. The van der Waals surface area contributed by atoms with E-state index in [2.05, 4.69) is 31.9 Å². The van der Waals surface area contributed by atoms with Gasteiger partial charge in [0.05, 0.1) is 31.0 Å². The second-order valence-corrected chi connectivity index (χ2v) is 12.0. The van der Waals surface area contributed by atoms with Crippen LogP contribution in [0.2, 0.25) is 0 Å². The lowest BCUT2D eigenvalue weighted by molar-refractivity contribution is -0.151. The number of rotatable bonds is 7. The number of hydrogen-bond donors (Lipinski definition) is 1. The molecule has 8 heteroatoms. The lowest BCUT2D eigenvalue weighted by Crippen LogP contribution is -2.46. The van der Waals surface area contributed by atoms with Gasteiger partial charge < -0.3 is 14.6 Å². The normalized spacial score (nSPS) is 19.4. The highest BCUT2D eigenvalue weighted by atomic mass is 79.9. The van der Waals surface area contributed by atoms with Gasteiger partial charge in [-0.2, -0.15) is 0 Å². The van der Waals surface area contributed by atoms with E-state index >= 15 is 0 Å². The first kappa shape index (κ1) is 32.2. The average molecular weight is 702 g/mol. The van der Waals surface area contributed by atoms with Crippen molar-refractivity contribution in [3.63, 3.8) is 0 Å². The zero-order chi connectivity index (χ0) is 30.0. The molecule has 0 aliphatic heterocycles. The van der Waals surface area contributed by atoms with Crippen molar-refractivity contribution in [3.8, 4) is 0 Å². The number of aliphatic hydroxyl groups is 1. The van der Waals surface area contributed by atoms with E-state index in [9.17, 15) is 18.7 Å². The third-order valence-corrected chi connectivity index (χ3v) is 8.07. The standard InChI is InChI=1S/C17H16BrFO2.C11H12O2.C6H4BrF/c18-14-7-4-8-15(19)16(14)17(20)9-13(10-17)21-11-12-5-2-1-3-6-12;12-10-6-11(7-10)13-8-9-4-2-1-3-5-9;7-5-2-1-3-6(8)4-5/h1-8,13,20H,9-11H2;1-5,11H,6-8H2;1-4H. The Hall–Kier alpha value is -2.75. The van der Waals surface area contributed by atoms with Gasteiger partial charge in [-0.15, -0.1) is 0 Å². The Bertz CT molecular complexity index is 1380. The molecule has 0 radical (unpaired) electrons. The fourth-order valence-electron chi connectivity index (χ4n) is 4.56. The summed E-state index contributed by atoms with van der Waals surface area (Å²) in [5.41, 5.74) is 1.47. The van der Waals surface area contributed by atoms with Crippen molar-refractivity contribution in [2.75, 3.05) is 0 Å². The minimum atomic E-state index is -1.13. The summed E-state index contributed by atoms with van der Waals surface area (Å²) < 4.78 is 38.7. The van der Waals surface area contributed by atoms with Crippen LogP contribution < -0.4 is 0 Å². The zero-order valence-corrected chi connectivity index (χ0v) is 26.1. The van der Waals surface area contributed by atoms with Gasteiger partial charge in [0.15, 0.2) is 0 Å². The number of ether oxygens (including phenoxy) is 2. The Morgan fingerprint density at radius 1 is 0.738 bits per heavy atom. The van der Waals surface area contributed by atoms with Crippen LogP contribution in [0, 0.1) is 11.6 Å². The third-order valence-electron chi connectivity index (χ3n) is 6.91. The molecule has 0 amide bonds. The Kier molecular flexibility index (Phi) is 12.0. The van der Waals surface area contributed by atoms with Crippen molar-refractivity contribution in [2.24, 2.45) is 0 Å². The molecule has 1 N–H and O–H groups in total. The van der Waals surface area contributed by atoms with E-state index in [-0.39, 0.29) is 23.8 Å². The van der Waals surface area contributed by atoms with E-state index in [1.807, 2.05) is 60.7 Å². The maximum atomic E-state index is 13.9. The van der Waals surface area contributed by atoms with Gasteiger partial charge in [-0.05, 0) is 41.5 Å². The summed E-state index contributed by atoms with van der Waals surface area (Å²) in [6.07, 6.45) is 2.17. The number of hydrogen-bond acceptors (Lipinski definition) is 4. The number of halogens is 4. The molecule has 0 bridgehead atoms. The van der Waals surface area contributed by atoms with Crippen molar-refractivity contribution in [3.05, 3.63) is 140 Å². The highest BCUT2D eigenvalue weighted by Crippen LogP contribution is 2.46. The van der Waals surface area contributed by atoms with Crippen LogP contribution in [0.3, 0.4) is 0 Å². The molecule has 0 spiro atoms. The molecular weight excluding hydrogens is 670 g/mol. The number of benzene rings is 4. The van der Waals surface area contributed by atoms with E-state index in [1.54, 1.807) is 24.3 Å². The Labute approximate surface area is 262 Å². The van der Waals surface area contributed by atoms with Crippen molar-refractivity contribution >= 4 is 37.6 Å². The Morgan fingerprint density at radius 3 is 1.76 bits per heavy atom. The SMILES string of the molecule is Fc1cccc(Br)c1.O=C1CC(OCc2ccccc2)C1.OC1(c2c(F)cccc2Br)CC(OCc2ccccc2)C1. The maximum absolute atomic E-state index is 13.9. The van der Waals surface area contributed by atoms with Crippen molar-refractivity contribution < 1.29 is 28.2 Å². The first-order valence-electron chi connectivity index (χ1n) is 13.6. The lowest BCUT2D eigenvalue weighted by Gasteiger charge is -2.44. The summed E-state index contributed by atoms with van der Waals surface area (Å²) in [4.78, 5) is 10.6. The summed E-state index contributed by atoms with van der Waals surface area (Å²) in [6.45, 7) is 1.14. The van der Waals surface area contributed by atoms with Crippen LogP contribution in [0.15, 0.2) is 112 Å². The molecule has 42 heavy (non-hydrogen) atoms. The number of Topliss-reactive ketones (excluding diaryl/α,β-unsaturated/α-hetero) is 1. The van der Waals surface area contributed by atoms with Crippen LogP contribution in [0.4, 0.5) is 8.78 Å². The van der Waals surface area contributed by atoms with Gasteiger partial charge in [-0.3, -0.25) is 4.79 Å². The minimum Gasteiger partial charge on any atom is -0.385 e. The van der Waals surface area contributed by atoms with Crippen LogP contribution >= 0.6 is 31.9 Å². The summed E-state index contributed by atoms with van der Waals surface area (Å²) in [5.74, 6) is -0.272. The fourth-order valence-corrected chi connectivity index (χ4v) is 5.64. The average Bonchev–Trinajstić information content (AvgIpc) is 2.94. The second-order valence-electron chi connectivity index (χ2n) is 10.3. The van der Waals surface area contributed by atoms with Gasteiger partial charge in [0.25, 0.3) is 0 Å². The van der Waals surface area contributed by atoms with Crippen LogP contribution in [0.5, 0.6) is 0 Å². The quantitative estimate of drug-likeness (QED) is 0.210. The molecule has 2 aliphatic carbocycles. The van der Waals surface area contributed by atoms with Crippen molar-refractivity contribution in [2.45, 2.75) is 56.7 Å². The first-order valence-corrected chi connectivity index (χ1v) is 15.2. The fraction of sp³-hybridized carbons (Fsp3) is 0.265. The molecular formula is C34H32Br2F2O4. The van der Waals surface area contributed by atoms with E-state index < -0.39 is 5.60 Å². The third kappa shape index (κ3) is 9.64. The molecule has 0 heterocycles. The highest BCUT2D eigenvalue weighted by Gasteiger charge is 2.47. The van der Waals surface area contributed by atoms with Gasteiger partial charge >= 0.3 is 0 Å². The highest BCUT2D eigenvalue weighted by molar-refractivity contribution is 9.10. The van der Waals surface area contributed by atoms with Crippen molar-refractivity contribution in [1.82, 2.24) is 0 Å². The smallest absolute Gasteiger partial charge is 0.138 e. The summed E-state index contributed by atoms with van der Waals surface area (Å²) in [7, 11) is 0.